The lowest BCUT2D eigenvalue weighted by Crippen LogP contribution is -2.64. The topological polar surface area (TPSA) is 59.5 Å². The molecule has 3 heterocycles. The van der Waals surface area contributed by atoms with E-state index < -0.39 is 12.2 Å². The summed E-state index contributed by atoms with van der Waals surface area (Å²) in [5.41, 5.74) is 1.85. The molecule has 0 bridgehead atoms. The number of fused-ring (bicyclic) bond motifs is 3. The quantitative estimate of drug-likeness (QED) is 0.782. The van der Waals surface area contributed by atoms with Gasteiger partial charge in [0, 0.05) is 30.8 Å². The smallest absolute Gasteiger partial charge is 0.325 e. The molecule has 2 aromatic rings. The van der Waals surface area contributed by atoms with Gasteiger partial charge in [-0.1, -0.05) is 41.9 Å². The fourth-order valence-corrected chi connectivity index (χ4v) is 4.47. The van der Waals surface area contributed by atoms with E-state index in [0.29, 0.717) is 11.6 Å². The molecule has 0 radical (unpaired) electrons. The fourth-order valence-electron chi connectivity index (χ4n) is 4.25. The normalized spacial score (nSPS) is 23.4. The first-order chi connectivity index (χ1) is 14.0. The van der Waals surface area contributed by atoms with Crippen LogP contribution in [0.25, 0.3) is 0 Å². The molecule has 2 aromatic carbocycles. The van der Waals surface area contributed by atoms with Crippen molar-refractivity contribution in [1.82, 2.24) is 14.7 Å². The van der Waals surface area contributed by atoms with Gasteiger partial charge in [0.2, 0.25) is 5.96 Å². The fraction of sp³-hybridized carbons (Fsp3) is 0.286. The first kappa shape index (κ1) is 18.0. The van der Waals surface area contributed by atoms with Gasteiger partial charge >= 0.3 is 6.03 Å². The zero-order valence-electron chi connectivity index (χ0n) is 15.9. The van der Waals surface area contributed by atoms with Gasteiger partial charge in [0.15, 0.2) is 12.2 Å². The highest BCUT2D eigenvalue weighted by Gasteiger charge is 2.54. The summed E-state index contributed by atoms with van der Waals surface area (Å²) in [6.07, 6.45) is -0.507. The summed E-state index contributed by atoms with van der Waals surface area (Å²) in [4.78, 5) is 38.0. The summed E-state index contributed by atoms with van der Waals surface area (Å²) in [6.45, 7) is 1.64. The third-order valence-electron chi connectivity index (χ3n) is 5.67. The maximum Gasteiger partial charge on any atom is 0.328 e. The maximum atomic E-state index is 13.3. The van der Waals surface area contributed by atoms with Crippen molar-refractivity contribution in [3.05, 3.63) is 65.2 Å². The lowest BCUT2D eigenvalue weighted by Gasteiger charge is -2.40. The Labute approximate surface area is 173 Å². The number of rotatable bonds is 3. The minimum Gasteiger partial charge on any atom is -0.325 e. The van der Waals surface area contributed by atoms with Crippen LogP contribution in [-0.2, 0) is 11.3 Å². The number of likely N-dealkylation sites (N-methyl/N-ethyl adjacent to an activating group) is 1. The molecule has 5 rings (SSSR count). The molecule has 0 saturated carbocycles. The zero-order valence-corrected chi connectivity index (χ0v) is 16.7. The van der Waals surface area contributed by atoms with E-state index in [4.69, 9.17) is 16.6 Å². The van der Waals surface area contributed by atoms with E-state index in [1.165, 1.54) is 4.90 Å². The summed E-state index contributed by atoms with van der Waals surface area (Å²) in [7, 11) is 1.70. The number of carbonyl (C=O) groups excluding carboxylic acids is 2. The molecule has 148 valence electrons. The lowest BCUT2D eigenvalue weighted by molar-refractivity contribution is -0.137. The van der Waals surface area contributed by atoms with Crippen LogP contribution in [0.1, 0.15) is 5.56 Å². The van der Waals surface area contributed by atoms with E-state index in [9.17, 15) is 9.59 Å². The van der Waals surface area contributed by atoms with Crippen molar-refractivity contribution in [3.63, 3.8) is 0 Å². The largest absolute Gasteiger partial charge is 0.328 e. The van der Waals surface area contributed by atoms with Crippen LogP contribution in [0.3, 0.4) is 0 Å². The number of halogens is 1. The highest BCUT2D eigenvalue weighted by atomic mass is 35.5. The molecule has 2 atom stereocenters. The van der Waals surface area contributed by atoms with Gasteiger partial charge in [-0.25, -0.2) is 9.79 Å². The number of benzene rings is 2. The second kappa shape index (κ2) is 6.77. The van der Waals surface area contributed by atoms with E-state index in [0.717, 1.165) is 23.8 Å². The monoisotopic (exact) mass is 409 g/mol. The SMILES string of the molecule is CN1C(=O)N(Cc2cccc(Cl)c2)C(=O)C2C1N=C1N(c3ccccc3)CCN12. The minimum atomic E-state index is -0.507. The van der Waals surface area contributed by atoms with E-state index in [-0.39, 0.29) is 18.5 Å². The number of amides is 3. The van der Waals surface area contributed by atoms with Crippen molar-refractivity contribution in [2.45, 2.75) is 18.8 Å². The van der Waals surface area contributed by atoms with E-state index in [1.54, 1.807) is 24.1 Å². The Balaban J connectivity index is 1.44. The first-order valence-electron chi connectivity index (χ1n) is 9.54. The van der Waals surface area contributed by atoms with Crippen LogP contribution in [0.15, 0.2) is 59.6 Å². The van der Waals surface area contributed by atoms with Crippen LogP contribution >= 0.6 is 11.6 Å². The van der Waals surface area contributed by atoms with Crippen molar-refractivity contribution >= 4 is 35.2 Å². The predicted octanol–water partition coefficient (Wildman–Crippen LogP) is 2.62. The number of aliphatic imine (C=N–C) groups is 1. The summed E-state index contributed by atoms with van der Waals surface area (Å²) >= 11 is 6.07. The summed E-state index contributed by atoms with van der Waals surface area (Å²) < 4.78 is 0. The van der Waals surface area contributed by atoms with Crippen LogP contribution in [-0.4, -0.2) is 64.9 Å². The van der Waals surface area contributed by atoms with Crippen molar-refractivity contribution in [2.75, 3.05) is 25.0 Å². The van der Waals surface area contributed by atoms with Gasteiger partial charge in [0.1, 0.15) is 0 Å². The molecule has 3 aliphatic heterocycles. The van der Waals surface area contributed by atoms with Crippen molar-refractivity contribution in [2.24, 2.45) is 4.99 Å². The number of carbonyl (C=O) groups is 2. The molecule has 2 unspecified atom stereocenters. The van der Waals surface area contributed by atoms with Crippen molar-refractivity contribution in [3.8, 4) is 0 Å². The highest BCUT2D eigenvalue weighted by molar-refractivity contribution is 6.30. The standard InChI is InChI=1S/C21H20ClN5O2/c1-24-18-17(19(28)27(21(24)29)13-14-6-5-7-15(22)12-14)26-11-10-25(20(26)23-18)16-8-3-2-4-9-16/h2-9,12,17-18H,10-11,13H2,1H3. The van der Waals surface area contributed by atoms with Gasteiger partial charge in [0.25, 0.3) is 5.91 Å². The summed E-state index contributed by atoms with van der Waals surface area (Å²) in [5.74, 6) is 0.538. The lowest BCUT2D eigenvalue weighted by atomic mass is 10.1. The second-order valence-electron chi connectivity index (χ2n) is 7.42. The van der Waals surface area contributed by atoms with Gasteiger partial charge in [-0.15, -0.1) is 0 Å². The van der Waals surface area contributed by atoms with Crippen LogP contribution in [0.2, 0.25) is 5.02 Å². The van der Waals surface area contributed by atoms with E-state index >= 15 is 0 Å². The summed E-state index contributed by atoms with van der Waals surface area (Å²) in [6, 6.07) is 16.4. The number of guanidine groups is 1. The molecule has 0 spiro atoms. The second-order valence-corrected chi connectivity index (χ2v) is 7.85. The van der Waals surface area contributed by atoms with Gasteiger partial charge < -0.3 is 14.7 Å². The van der Waals surface area contributed by atoms with Crippen LogP contribution in [0.5, 0.6) is 0 Å². The molecule has 0 N–H and O–H groups in total. The number of nitrogens with zero attached hydrogens (tertiary/aromatic N) is 5. The number of imide groups is 1. The Kier molecular flexibility index (Phi) is 4.20. The number of hydrogen-bond donors (Lipinski definition) is 0. The summed E-state index contributed by atoms with van der Waals surface area (Å²) in [5, 5.41) is 0.579. The first-order valence-corrected chi connectivity index (χ1v) is 9.92. The Hall–Kier alpha value is -3.06. The van der Waals surface area contributed by atoms with Crippen molar-refractivity contribution < 1.29 is 9.59 Å². The molecule has 29 heavy (non-hydrogen) atoms. The van der Waals surface area contributed by atoms with Gasteiger partial charge in [-0.05, 0) is 29.8 Å². The molecular weight excluding hydrogens is 390 g/mol. The molecule has 3 amide bonds. The van der Waals surface area contributed by atoms with Crippen molar-refractivity contribution in [1.29, 1.82) is 0 Å². The molecule has 2 fully saturated rings. The molecule has 0 aromatic heterocycles. The number of para-hydroxylation sites is 1. The van der Waals surface area contributed by atoms with Gasteiger partial charge in [0.05, 0.1) is 6.54 Å². The molecule has 0 aliphatic carbocycles. The molecule has 3 aliphatic rings. The third-order valence-corrected chi connectivity index (χ3v) is 5.91. The van der Waals surface area contributed by atoms with E-state index in [1.807, 2.05) is 47.4 Å². The average Bonchev–Trinajstić information content (AvgIpc) is 3.30. The van der Waals surface area contributed by atoms with Gasteiger partial charge in [-0.3, -0.25) is 9.69 Å². The Morgan fingerprint density at radius 3 is 2.62 bits per heavy atom. The zero-order chi connectivity index (χ0) is 20.1. The van der Waals surface area contributed by atoms with Crippen LogP contribution in [0.4, 0.5) is 10.5 Å². The van der Waals surface area contributed by atoms with E-state index in [2.05, 4.69) is 4.90 Å². The Bertz CT molecular complexity index is 1010. The molecular formula is C21H20ClN5O2. The Morgan fingerprint density at radius 1 is 1.07 bits per heavy atom. The predicted molar refractivity (Wildman–Crippen MR) is 111 cm³/mol. The third kappa shape index (κ3) is 2.84. The molecule has 7 nitrogen and oxygen atoms in total. The minimum absolute atomic E-state index is 0.192. The Morgan fingerprint density at radius 2 is 1.86 bits per heavy atom. The average molecular weight is 410 g/mol. The number of anilines is 1. The highest BCUT2D eigenvalue weighted by Crippen LogP contribution is 2.33. The maximum absolute atomic E-state index is 13.3. The van der Waals surface area contributed by atoms with Gasteiger partial charge in [-0.2, -0.15) is 0 Å². The molecule has 8 heteroatoms. The van der Waals surface area contributed by atoms with Crippen LogP contribution in [0, 0.1) is 0 Å². The number of hydrogen-bond acceptors (Lipinski definition) is 5. The molecule has 2 saturated heterocycles. The van der Waals surface area contributed by atoms with Crippen LogP contribution < -0.4 is 4.90 Å². The number of urea groups is 1.